The molecular weight excluding hydrogens is 381 g/mol. The lowest BCUT2D eigenvalue weighted by atomic mass is 9.99. The fraction of sp³-hybridized carbons (Fsp3) is 0.737. The van der Waals surface area contributed by atoms with Crippen LogP contribution >= 0.6 is 0 Å². The third kappa shape index (κ3) is 4.48. The molecule has 3 heterocycles. The van der Waals surface area contributed by atoms with Crippen LogP contribution in [0.5, 0.6) is 0 Å². The molecule has 0 bridgehead atoms. The Bertz CT molecular complexity index is 770. The van der Waals surface area contributed by atoms with Crippen molar-refractivity contribution in [2.45, 2.75) is 58.0 Å². The molecule has 1 atom stereocenters. The molecule has 2 aliphatic heterocycles. The monoisotopic (exact) mass is 413 g/mol. The zero-order valence-corrected chi connectivity index (χ0v) is 17.9. The first kappa shape index (κ1) is 21.4. The molecule has 0 aliphatic carbocycles. The van der Waals surface area contributed by atoms with Gasteiger partial charge in [0.15, 0.2) is 0 Å². The van der Waals surface area contributed by atoms with Gasteiger partial charge in [-0.3, -0.25) is 9.88 Å². The number of piperazine rings is 1. The van der Waals surface area contributed by atoms with Crippen molar-refractivity contribution in [1.82, 2.24) is 18.5 Å². The van der Waals surface area contributed by atoms with E-state index in [9.17, 15) is 12.8 Å². The number of nitrogens with two attached hydrogens (primary N) is 1. The van der Waals surface area contributed by atoms with Crippen molar-refractivity contribution in [2.75, 3.05) is 38.5 Å². The third-order valence-electron chi connectivity index (χ3n) is 5.83. The molecule has 158 valence electrons. The molecule has 0 amide bonds. The molecule has 7 nitrogen and oxygen atoms in total. The van der Waals surface area contributed by atoms with Crippen LogP contribution < -0.4 is 5.73 Å². The van der Waals surface area contributed by atoms with Crippen LogP contribution in [0.4, 0.5) is 10.1 Å². The molecule has 3 rings (SSSR count). The third-order valence-corrected chi connectivity index (χ3v) is 7.92. The van der Waals surface area contributed by atoms with E-state index in [1.165, 1.54) is 6.20 Å². The number of hydrogen-bond donors (Lipinski definition) is 1. The molecule has 28 heavy (non-hydrogen) atoms. The Hall–Kier alpha value is -1.29. The van der Waals surface area contributed by atoms with Crippen molar-refractivity contribution < 1.29 is 12.8 Å². The van der Waals surface area contributed by atoms with E-state index in [0.29, 0.717) is 56.8 Å². The van der Waals surface area contributed by atoms with Gasteiger partial charge >= 0.3 is 0 Å². The second-order valence-electron chi connectivity index (χ2n) is 8.72. The van der Waals surface area contributed by atoms with Crippen LogP contribution in [0.2, 0.25) is 0 Å². The Morgan fingerprint density at radius 2 is 1.86 bits per heavy atom. The Labute approximate surface area is 167 Å². The van der Waals surface area contributed by atoms with Crippen LogP contribution in [0.15, 0.2) is 12.4 Å². The quantitative estimate of drug-likeness (QED) is 0.797. The second kappa shape index (κ2) is 8.22. The van der Waals surface area contributed by atoms with Gasteiger partial charge in [-0.05, 0) is 46.5 Å². The van der Waals surface area contributed by atoms with E-state index in [0.717, 1.165) is 19.0 Å². The molecule has 2 saturated heterocycles. The van der Waals surface area contributed by atoms with Gasteiger partial charge in [-0.2, -0.15) is 17.0 Å². The first-order valence-electron chi connectivity index (χ1n) is 10.0. The van der Waals surface area contributed by atoms with Gasteiger partial charge in [0.05, 0.1) is 18.1 Å². The van der Waals surface area contributed by atoms with E-state index in [2.05, 4.69) is 30.7 Å². The van der Waals surface area contributed by atoms with Gasteiger partial charge in [0, 0.05) is 49.9 Å². The average Bonchev–Trinajstić information content (AvgIpc) is 3.16. The van der Waals surface area contributed by atoms with E-state index in [1.54, 1.807) is 8.61 Å². The molecular formula is C19H32FN5O2S. The van der Waals surface area contributed by atoms with Crippen molar-refractivity contribution in [3.63, 3.8) is 0 Å². The van der Waals surface area contributed by atoms with Gasteiger partial charge in [-0.15, -0.1) is 0 Å². The summed E-state index contributed by atoms with van der Waals surface area (Å²) in [4.78, 5) is 6.07. The Morgan fingerprint density at radius 1 is 1.18 bits per heavy atom. The molecule has 2 N–H and O–H groups in total. The minimum absolute atomic E-state index is 0.0529. The Morgan fingerprint density at radius 3 is 2.46 bits per heavy atom. The van der Waals surface area contributed by atoms with Gasteiger partial charge in [-0.25, -0.2) is 4.39 Å². The summed E-state index contributed by atoms with van der Waals surface area (Å²) in [5.41, 5.74) is 6.58. The fourth-order valence-corrected chi connectivity index (χ4v) is 5.98. The number of aromatic nitrogens is 1. The number of hydrogen-bond acceptors (Lipinski definition) is 5. The fourth-order valence-electron chi connectivity index (χ4n) is 4.11. The van der Waals surface area contributed by atoms with E-state index in [-0.39, 0.29) is 11.6 Å². The number of nitrogen functional groups attached to an aromatic ring is 1. The van der Waals surface area contributed by atoms with Crippen LogP contribution in [0.1, 0.15) is 45.6 Å². The van der Waals surface area contributed by atoms with Crippen molar-refractivity contribution in [3.8, 4) is 0 Å². The molecule has 1 aromatic rings. The van der Waals surface area contributed by atoms with Crippen LogP contribution in [-0.4, -0.2) is 71.2 Å². The Balaban J connectivity index is 1.82. The van der Waals surface area contributed by atoms with Crippen molar-refractivity contribution >= 4 is 15.9 Å². The zero-order chi connectivity index (χ0) is 20.5. The smallest absolute Gasteiger partial charge is 0.282 e. The largest absolute Gasteiger partial charge is 0.397 e. The van der Waals surface area contributed by atoms with E-state index in [1.807, 2.05) is 0 Å². The molecule has 0 unspecified atom stereocenters. The highest BCUT2D eigenvalue weighted by Crippen LogP contribution is 2.28. The van der Waals surface area contributed by atoms with Crippen molar-refractivity contribution in [2.24, 2.45) is 0 Å². The number of anilines is 1. The zero-order valence-electron chi connectivity index (χ0n) is 17.1. The van der Waals surface area contributed by atoms with Gasteiger partial charge in [0.2, 0.25) is 0 Å². The van der Waals surface area contributed by atoms with Crippen molar-refractivity contribution in [1.29, 1.82) is 0 Å². The van der Waals surface area contributed by atoms with Crippen LogP contribution in [0.25, 0.3) is 0 Å². The minimum Gasteiger partial charge on any atom is -0.397 e. The van der Waals surface area contributed by atoms with Crippen LogP contribution in [0, 0.1) is 5.82 Å². The van der Waals surface area contributed by atoms with E-state index in [4.69, 9.17) is 5.73 Å². The summed E-state index contributed by atoms with van der Waals surface area (Å²) in [6.07, 6.45) is 5.32. The first-order chi connectivity index (χ1) is 13.1. The van der Waals surface area contributed by atoms with Gasteiger partial charge in [0.1, 0.15) is 5.82 Å². The summed E-state index contributed by atoms with van der Waals surface area (Å²) in [6.45, 7) is 9.34. The first-order valence-corrected chi connectivity index (χ1v) is 11.4. The maximum Gasteiger partial charge on any atom is 0.282 e. The molecule has 2 fully saturated rings. The molecule has 0 spiro atoms. The molecule has 0 aromatic carbocycles. The number of pyridine rings is 1. The topological polar surface area (TPSA) is 82.8 Å². The summed E-state index contributed by atoms with van der Waals surface area (Å²) in [5.74, 6) is -0.433. The molecule has 2 aliphatic rings. The minimum atomic E-state index is -3.50. The molecule has 1 aromatic heterocycles. The number of rotatable bonds is 5. The van der Waals surface area contributed by atoms with Crippen LogP contribution in [-0.2, 0) is 16.6 Å². The van der Waals surface area contributed by atoms with E-state index < -0.39 is 16.0 Å². The number of nitrogens with zero attached hydrogens (tertiary/aromatic N) is 4. The van der Waals surface area contributed by atoms with Crippen molar-refractivity contribution in [3.05, 3.63) is 23.8 Å². The summed E-state index contributed by atoms with van der Waals surface area (Å²) in [5, 5.41) is 0. The lowest BCUT2D eigenvalue weighted by Gasteiger charge is -2.46. The standard InChI is InChI=1S/C19H32FN5O2S/c1-19(2,3)23-10-11-25(28(26,27)24-8-4-5-9-24)15(14-23)6-7-16-17(20)12-22-13-18(16)21/h12-13,15H,4-11,14,21H2,1-3H3/t15-/m0/s1. The SMILES string of the molecule is CC(C)(C)N1CCN(S(=O)(=O)N2CCCC2)[C@@H](CCc2c(N)cncc2F)C1. The summed E-state index contributed by atoms with van der Waals surface area (Å²) in [6, 6.07) is -0.217. The lowest BCUT2D eigenvalue weighted by molar-refractivity contribution is 0.0541. The molecule has 0 radical (unpaired) electrons. The summed E-state index contributed by atoms with van der Waals surface area (Å²) < 4.78 is 43.8. The number of halogens is 1. The summed E-state index contributed by atoms with van der Waals surface area (Å²) in [7, 11) is -3.50. The van der Waals surface area contributed by atoms with E-state index >= 15 is 0 Å². The Kier molecular flexibility index (Phi) is 6.29. The lowest BCUT2D eigenvalue weighted by Crippen LogP contribution is -2.61. The van der Waals surface area contributed by atoms with Gasteiger partial charge in [0.25, 0.3) is 10.2 Å². The summed E-state index contributed by atoms with van der Waals surface area (Å²) >= 11 is 0. The maximum atomic E-state index is 14.2. The normalized spacial score (nSPS) is 23.4. The predicted molar refractivity (Wildman–Crippen MR) is 108 cm³/mol. The molecule has 9 heteroatoms. The van der Waals surface area contributed by atoms with Crippen LogP contribution in [0.3, 0.4) is 0 Å². The highest BCUT2D eigenvalue weighted by atomic mass is 32.2. The predicted octanol–water partition coefficient (Wildman–Crippen LogP) is 1.86. The average molecular weight is 414 g/mol. The van der Waals surface area contributed by atoms with Gasteiger partial charge < -0.3 is 5.73 Å². The maximum absolute atomic E-state index is 14.2. The highest BCUT2D eigenvalue weighted by molar-refractivity contribution is 7.86. The highest BCUT2D eigenvalue weighted by Gasteiger charge is 2.41. The van der Waals surface area contributed by atoms with Gasteiger partial charge in [-0.1, -0.05) is 0 Å². The molecule has 0 saturated carbocycles. The second-order valence-corrected chi connectivity index (χ2v) is 10.6.